The third kappa shape index (κ3) is 3.48. The molecule has 1 atom stereocenters. The highest BCUT2D eigenvalue weighted by Gasteiger charge is 2.30. The summed E-state index contributed by atoms with van der Waals surface area (Å²) < 4.78 is 0. The van der Waals surface area contributed by atoms with Crippen LogP contribution in [0.2, 0.25) is 0 Å². The monoisotopic (exact) mass is 209 g/mol. The molecular weight excluding hydrogens is 186 g/mol. The van der Waals surface area contributed by atoms with Crippen molar-refractivity contribution < 1.29 is 0 Å². The molecule has 86 valence electrons. The molecule has 0 saturated carbocycles. The Bertz CT molecular complexity index is 230. The molecule has 1 aliphatic rings. The lowest BCUT2D eigenvalue weighted by molar-refractivity contribution is 0.120. The second-order valence-corrected chi connectivity index (χ2v) is 5.02. The van der Waals surface area contributed by atoms with E-state index in [2.05, 4.69) is 37.1 Å². The maximum Gasteiger partial charge on any atom is 0.0638 e. The van der Waals surface area contributed by atoms with Crippen molar-refractivity contribution in [1.29, 1.82) is 5.26 Å². The minimum absolute atomic E-state index is 0.271. The van der Waals surface area contributed by atoms with Gasteiger partial charge in [0.15, 0.2) is 0 Å². The highest BCUT2D eigenvalue weighted by Crippen LogP contribution is 2.22. The molecule has 0 aromatic heterocycles. The quantitative estimate of drug-likeness (QED) is 0.769. The molecule has 0 aromatic rings. The van der Waals surface area contributed by atoms with Crippen molar-refractivity contribution in [3.05, 3.63) is 0 Å². The van der Waals surface area contributed by atoms with Crippen LogP contribution in [-0.2, 0) is 0 Å². The fourth-order valence-corrected chi connectivity index (χ4v) is 2.23. The number of nitrogens with zero attached hydrogens (tertiary/aromatic N) is 2. The molecule has 1 rings (SSSR count). The van der Waals surface area contributed by atoms with Crippen LogP contribution in [0.1, 0.15) is 40.0 Å². The lowest BCUT2D eigenvalue weighted by Crippen LogP contribution is -2.46. The number of hydrogen-bond acceptors (Lipinski definition) is 3. The number of hydrogen-bond donors (Lipinski definition) is 1. The van der Waals surface area contributed by atoms with Crippen LogP contribution in [0.3, 0.4) is 0 Å². The Morgan fingerprint density at radius 1 is 1.53 bits per heavy atom. The third-order valence-electron chi connectivity index (χ3n) is 3.30. The normalized spacial score (nSPS) is 26.9. The van der Waals surface area contributed by atoms with Gasteiger partial charge in [0.25, 0.3) is 0 Å². The van der Waals surface area contributed by atoms with Gasteiger partial charge in [-0.2, -0.15) is 5.26 Å². The van der Waals surface area contributed by atoms with Crippen molar-refractivity contribution in [2.24, 2.45) is 0 Å². The molecule has 3 nitrogen and oxygen atoms in total. The number of nitrogens with one attached hydrogen (secondary N) is 1. The molecule has 0 radical (unpaired) electrons. The third-order valence-corrected chi connectivity index (χ3v) is 3.30. The van der Waals surface area contributed by atoms with E-state index in [1.165, 1.54) is 6.42 Å². The van der Waals surface area contributed by atoms with Gasteiger partial charge in [-0.05, 0) is 39.8 Å². The molecule has 0 aromatic carbocycles. The predicted molar refractivity (Wildman–Crippen MR) is 62.6 cm³/mol. The Morgan fingerprint density at radius 3 is 2.87 bits per heavy atom. The van der Waals surface area contributed by atoms with Gasteiger partial charge in [0.1, 0.15) is 0 Å². The fraction of sp³-hybridized carbons (Fsp3) is 0.917. The molecule has 1 aliphatic heterocycles. The summed E-state index contributed by atoms with van der Waals surface area (Å²) in [6.45, 7) is 10.00. The van der Waals surface area contributed by atoms with Crippen LogP contribution >= 0.6 is 0 Å². The highest BCUT2D eigenvalue weighted by atomic mass is 15.2. The van der Waals surface area contributed by atoms with Crippen molar-refractivity contribution in [3.63, 3.8) is 0 Å². The summed E-state index contributed by atoms with van der Waals surface area (Å²) >= 11 is 0. The Balaban J connectivity index is 2.64. The molecule has 1 N–H and O–H groups in total. The van der Waals surface area contributed by atoms with Crippen molar-refractivity contribution in [2.75, 3.05) is 19.6 Å². The predicted octanol–water partition coefficient (Wildman–Crippen LogP) is 1.75. The van der Waals surface area contributed by atoms with Crippen LogP contribution in [0.15, 0.2) is 0 Å². The van der Waals surface area contributed by atoms with E-state index in [9.17, 15) is 0 Å². The lowest BCUT2D eigenvalue weighted by Gasteiger charge is -2.37. The van der Waals surface area contributed by atoms with Gasteiger partial charge in [0.05, 0.1) is 12.5 Å². The number of rotatable bonds is 3. The first-order valence-corrected chi connectivity index (χ1v) is 5.95. The molecule has 0 amide bonds. The Kier molecular flexibility index (Phi) is 4.56. The molecule has 1 saturated heterocycles. The van der Waals surface area contributed by atoms with E-state index in [-0.39, 0.29) is 5.54 Å². The Hall–Kier alpha value is -0.590. The summed E-state index contributed by atoms with van der Waals surface area (Å²) in [6.07, 6.45) is 2.97. The summed E-state index contributed by atoms with van der Waals surface area (Å²) in [4.78, 5) is 2.52. The summed E-state index contributed by atoms with van der Waals surface area (Å²) in [7, 11) is 0. The molecule has 0 aliphatic carbocycles. The van der Waals surface area contributed by atoms with Crippen molar-refractivity contribution in [3.8, 4) is 6.07 Å². The summed E-state index contributed by atoms with van der Waals surface area (Å²) in [5, 5.41) is 12.2. The summed E-state index contributed by atoms with van der Waals surface area (Å²) in [6, 6.07) is 2.62. The first-order valence-electron chi connectivity index (χ1n) is 5.95. The van der Waals surface area contributed by atoms with Crippen molar-refractivity contribution in [2.45, 2.75) is 51.6 Å². The maximum atomic E-state index is 8.75. The largest absolute Gasteiger partial charge is 0.312 e. The highest BCUT2D eigenvalue weighted by molar-refractivity contribution is 4.92. The second-order valence-electron chi connectivity index (χ2n) is 5.02. The fourth-order valence-electron chi connectivity index (χ4n) is 2.23. The molecule has 3 heteroatoms. The minimum Gasteiger partial charge on any atom is -0.312 e. The van der Waals surface area contributed by atoms with Crippen LogP contribution in [0.25, 0.3) is 0 Å². The lowest BCUT2D eigenvalue weighted by atomic mass is 9.98. The molecule has 1 heterocycles. The van der Waals surface area contributed by atoms with E-state index >= 15 is 0 Å². The zero-order valence-electron chi connectivity index (χ0n) is 10.2. The average molecular weight is 209 g/mol. The smallest absolute Gasteiger partial charge is 0.0638 e. The standard InChI is InChI=1S/C12H23N3/c1-4-9-15-10-11(5-7-13)14-8-6-12(15,2)3/h11,14H,4-6,8-10H2,1-3H3. The summed E-state index contributed by atoms with van der Waals surface area (Å²) in [5.74, 6) is 0. The first-order chi connectivity index (χ1) is 7.10. The number of nitriles is 1. The zero-order chi connectivity index (χ0) is 11.3. The average Bonchev–Trinajstić information content (AvgIpc) is 2.28. The second kappa shape index (κ2) is 5.48. The van der Waals surface area contributed by atoms with Gasteiger partial charge in [0, 0.05) is 18.1 Å². The Morgan fingerprint density at radius 2 is 2.27 bits per heavy atom. The van der Waals surface area contributed by atoms with Gasteiger partial charge >= 0.3 is 0 Å². The van der Waals surface area contributed by atoms with Crippen LogP contribution in [0.5, 0.6) is 0 Å². The van der Waals surface area contributed by atoms with Crippen molar-refractivity contribution >= 4 is 0 Å². The van der Waals surface area contributed by atoms with Crippen LogP contribution in [0, 0.1) is 11.3 Å². The maximum absolute atomic E-state index is 8.75. The van der Waals surface area contributed by atoms with Gasteiger partial charge in [0.2, 0.25) is 0 Å². The van der Waals surface area contributed by atoms with E-state index < -0.39 is 0 Å². The molecule has 0 spiro atoms. The Labute approximate surface area is 93.5 Å². The van der Waals surface area contributed by atoms with Gasteiger partial charge in [-0.25, -0.2) is 0 Å². The van der Waals surface area contributed by atoms with Crippen molar-refractivity contribution in [1.82, 2.24) is 10.2 Å². The van der Waals surface area contributed by atoms with Crippen LogP contribution in [-0.4, -0.2) is 36.1 Å². The molecule has 1 fully saturated rings. The van der Waals surface area contributed by atoms with Gasteiger partial charge in [-0.15, -0.1) is 0 Å². The van der Waals surface area contributed by atoms with E-state index in [4.69, 9.17) is 5.26 Å². The minimum atomic E-state index is 0.271. The molecule has 1 unspecified atom stereocenters. The van der Waals surface area contributed by atoms with E-state index in [0.29, 0.717) is 12.5 Å². The first kappa shape index (κ1) is 12.5. The molecule has 15 heavy (non-hydrogen) atoms. The van der Waals surface area contributed by atoms with Crippen LogP contribution in [0.4, 0.5) is 0 Å². The zero-order valence-corrected chi connectivity index (χ0v) is 10.2. The molecular formula is C12H23N3. The van der Waals surface area contributed by atoms with Gasteiger partial charge in [-0.3, -0.25) is 4.90 Å². The van der Waals surface area contributed by atoms with E-state index in [0.717, 1.165) is 26.1 Å². The summed E-state index contributed by atoms with van der Waals surface area (Å²) in [5.41, 5.74) is 0.271. The SMILES string of the molecule is CCCN1CC(CC#N)NCCC1(C)C. The van der Waals surface area contributed by atoms with E-state index in [1.54, 1.807) is 0 Å². The molecule has 0 bridgehead atoms. The van der Waals surface area contributed by atoms with E-state index in [1.807, 2.05) is 0 Å². The van der Waals surface area contributed by atoms with Crippen LogP contribution < -0.4 is 5.32 Å². The van der Waals surface area contributed by atoms with Gasteiger partial charge < -0.3 is 5.32 Å². The van der Waals surface area contributed by atoms with Gasteiger partial charge in [-0.1, -0.05) is 6.92 Å². The topological polar surface area (TPSA) is 39.1 Å².